The number of benzene rings is 2. The van der Waals surface area contributed by atoms with Crippen LogP contribution in [0.3, 0.4) is 0 Å². The van der Waals surface area contributed by atoms with E-state index < -0.39 is 5.69 Å². The van der Waals surface area contributed by atoms with Gasteiger partial charge in [0, 0.05) is 4.47 Å². The third-order valence-electron chi connectivity index (χ3n) is 3.13. The van der Waals surface area contributed by atoms with Crippen LogP contribution in [-0.4, -0.2) is 9.55 Å². The number of hydrogen-bond acceptors (Lipinski definition) is 2. The normalized spacial score (nSPS) is 10.8. The van der Waals surface area contributed by atoms with Gasteiger partial charge >= 0.3 is 5.69 Å². The van der Waals surface area contributed by atoms with Crippen LogP contribution in [0.5, 0.6) is 0 Å². The lowest BCUT2D eigenvalue weighted by atomic mass is 10.2. The van der Waals surface area contributed by atoms with E-state index in [1.54, 1.807) is 18.2 Å². The van der Waals surface area contributed by atoms with E-state index in [2.05, 4.69) is 20.9 Å². The number of aromatic nitrogens is 2. The van der Waals surface area contributed by atoms with Crippen molar-refractivity contribution in [3.05, 3.63) is 79.4 Å². The summed E-state index contributed by atoms with van der Waals surface area (Å²) in [5, 5.41) is 0.495. The Morgan fingerprint density at radius 3 is 2.55 bits per heavy atom. The standard InChI is InChI=1S/C15H11BrN2O2/c16-11-6-7-13-12(8-11)14(19)18(15(20)17-13)9-10-4-2-1-3-5-10/h1-8H,9H2,(H,17,20). The fourth-order valence-corrected chi connectivity index (χ4v) is 2.49. The van der Waals surface area contributed by atoms with E-state index in [1.807, 2.05) is 30.3 Å². The summed E-state index contributed by atoms with van der Waals surface area (Å²) in [7, 11) is 0. The average molecular weight is 331 g/mol. The van der Waals surface area contributed by atoms with Gasteiger partial charge in [0.25, 0.3) is 5.56 Å². The predicted octanol–water partition coefficient (Wildman–Crippen LogP) is 2.50. The Kier molecular flexibility index (Phi) is 3.28. The Hall–Kier alpha value is -2.14. The minimum atomic E-state index is -0.395. The summed E-state index contributed by atoms with van der Waals surface area (Å²) in [6.07, 6.45) is 0. The number of fused-ring (bicyclic) bond motifs is 1. The molecule has 1 aromatic heterocycles. The number of nitrogens with zero attached hydrogens (tertiary/aromatic N) is 1. The van der Waals surface area contributed by atoms with E-state index >= 15 is 0 Å². The largest absolute Gasteiger partial charge is 0.329 e. The maximum atomic E-state index is 12.4. The first-order chi connectivity index (χ1) is 9.65. The molecule has 1 heterocycles. The highest BCUT2D eigenvalue weighted by Crippen LogP contribution is 2.14. The first kappa shape index (κ1) is 12.9. The second-order valence-corrected chi connectivity index (χ2v) is 5.41. The zero-order chi connectivity index (χ0) is 14.1. The summed E-state index contributed by atoms with van der Waals surface area (Å²) in [6, 6.07) is 14.7. The molecule has 0 bridgehead atoms. The zero-order valence-electron chi connectivity index (χ0n) is 10.5. The molecule has 5 heteroatoms. The van der Waals surface area contributed by atoms with Crippen molar-refractivity contribution >= 4 is 26.8 Å². The summed E-state index contributed by atoms with van der Waals surface area (Å²) in [5.74, 6) is 0. The quantitative estimate of drug-likeness (QED) is 0.784. The van der Waals surface area contributed by atoms with Crippen LogP contribution in [0, 0.1) is 0 Å². The van der Waals surface area contributed by atoms with Crippen LogP contribution in [0.1, 0.15) is 5.56 Å². The lowest BCUT2D eigenvalue weighted by molar-refractivity contribution is 0.711. The Balaban J connectivity index is 2.21. The second-order valence-electron chi connectivity index (χ2n) is 4.50. The number of aromatic amines is 1. The van der Waals surface area contributed by atoms with Crippen LogP contribution in [0.2, 0.25) is 0 Å². The van der Waals surface area contributed by atoms with E-state index in [0.717, 1.165) is 10.0 Å². The van der Waals surface area contributed by atoms with Gasteiger partial charge in [-0.2, -0.15) is 0 Å². The minimum absolute atomic E-state index is 0.261. The summed E-state index contributed by atoms with van der Waals surface area (Å²) < 4.78 is 2.02. The Bertz CT molecular complexity index is 882. The van der Waals surface area contributed by atoms with Gasteiger partial charge in [0.05, 0.1) is 17.4 Å². The fourth-order valence-electron chi connectivity index (χ4n) is 2.13. The molecule has 0 fully saturated rings. The third-order valence-corrected chi connectivity index (χ3v) is 3.62. The van der Waals surface area contributed by atoms with E-state index in [-0.39, 0.29) is 12.1 Å². The molecule has 2 aromatic carbocycles. The van der Waals surface area contributed by atoms with Gasteiger partial charge in [0.1, 0.15) is 0 Å². The van der Waals surface area contributed by atoms with Gasteiger partial charge < -0.3 is 4.98 Å². The van der Waals surface area contributed by atoms with Gasteiger partial charge in [-0.25, -0.2) is 4.79 Å². The molecule has 0 saturated heterocycles. The first-order valence-corrected chi connectivity index (χ1v) is 6.91. The van der Waals surface area contributed by atoms with Gasteiger partial charge in [-0.3, -0.25) is 9.36 Å². The van der Waals surface area contributed by atoms with Crippen molar-refractivity contribution < 1.29 is 0 Å². The van der Waals surface area contributed by atoms with Crippen molar-refractivity contribution in [2.75, 3.05) is 0 Å². The highest BCUT2D eigenvalue weighted by atomic mass is 79.9. The lowest BCUT2D eigenvalue weighted by Gasteiger charge is -2.06. The Morgan fingerprint density at radius 2 is 1.80 bits per heavy atom. The van der Waals surface area contributed by atoms with Gasteiger partial charge in [0.15, 0.2) is 0 Å². The molecule has 0 aliphatic heterocycles. The molecule has 0 aliphatic rings. The molecule has 4 nitrogen and oxygen atoms in total. The van der Waals surface area contributed by atoms with E-state index in [9.17, 15) is 9.59 Å². The van der Waals surface area contributed by atoms with E-state index in [4.69, 9.17) is 0 Å². The van der Waals surface area contributed by atoms with Crippen molar-refractivity contribution in [2.45, 2.75) is 6.54 Å². The minimum Gasteiger partial charge on any atom is -0.307 e. The highest BCUT2D eigenvalue weighted by Gasteiger charge is 2.08. The zero-order valence-corrected chi connectivity index (χ0v) is 12.1. The molecule has 20 heavy (non-hydrogen) atoms. The Labute approximate surface area is 122 Å². The molecule has 0 atom stereocenters. The smallest absolute Gasteiger partial charge is 0.307 e. The molecule has 100 valence electrons. The summed E-state index contributed by atoms with van der Waals surface area (Å²) in [6.45, 7) is 0.261. The molecule has 0 unspecified atom stereocenters. The van der Waals surface area contributed by atoms with Crippen LogP contribution in [0.4, 0.5) is 0 Å². The van der Waals surface area contributed by atoms with Gasteiger partial charge in [-0.1, -0.05) is 46.3 Å². The molecular formula is C15H11BrN2O2. The average Bonchev–Trinajstić information content (AvgIpc) is 2.46. The van der Waals surface area contributed by atoms with E-state index in [0.29, 0.717) is 10.9 Å². The summed E-state index contributed by atoms with van der Waals surface area (Å²) in [4.78, 5) is 27.2. The van der Waals surface area contributed by atoms with Crippen LogP contribution in [0.25, 0.3) is 10.9 Å². The van der Waals surface area contributed by atoms with Gasteiger partial charge in [0.2, 0.25) is 0 Å². The SMILES string of the molecule is O=c1[nH]c2ccc(Br)cc2c(=O)n1Cc1ccccc1. The number of rotatable bonds is 2. The van der Waals surface area contributed by atoms with E-state index in [1.165, 1.54) is 4.57 Å². The van der Waals surface area contributed by atoms with Crippen LogP contribution < -0.4 is 11.2 Å². The second kappa shape index (κ2) is 5.09. The topological polar surface area (TPSA) is 54.9 Å². The monoisotopic (exact) mass is 330 g/mol. The van der Waals surface area contributed by atoms with Gasteiger partial charge in [-0.05, 0) is 23.8 Å². The summed E-state index contributed by atoms with van der Waals surface area (Å²) in [5.41, 5.74) is 0.782. The van der Waals surface area contributed by atoms with Crippen molar-refractivity contribution in [1.82, 2.24) is 9.55 Å². The maximum absolute atomic E-state index is 12.4. The molecular weight excluding hydrogens is 320 g/mol. The lowest BCUT2D eigenvalue weighted by Crippen LogP contribution is -2.35. The van der Waals surface area contributed by atoms with Crippen molar-refractivity contribution in [1.29, 1.82) is 0 Å². The van der Waals surface area contributed by atoms with Gasteiger partial charge in [-0.15, -0.1) is 0 Å². The van der Waals surface area contributed by atoms with Crippen molar-refractivity contribution in [2.24, 2.45) is 0 Å². The van der Waals surface area contributed by atoms with Crippen molar-refractivity contribution in [3.63, 3.8) is 0 Å². The molecule has 0 aliphatic carbocycles. The molecule has 3 rings (SSSR count). The molecule has 0 amide bonds. The predicted molar refractivity (Wildman–Crippen MR) is 82.1 cm³/mol. The van der Waals surface area contributed by atoms with Crippen LogP contribution >= 0.6 is 15.9 Å². The number of hydrogen-bond donors (Lipinski definition) is 1. The maximum Gasteiger partial charge on any atom is 0.329 e. The molecule has 0 spiro atoms. The molecule has 0 radical (unpaired) electrons. The molecule has 1 N–H and O–H groups in total. The Morgan fingerprint density at radius 1 is 1.05 bits per heavy atom. The van der Waals surface area contributed by atoms with Crippen LogP contribution in [0.15, 0.2) is 62.6 Å². The molecule has 3 aromatic rings. The van der Waals surface area contributed by atoms with Crippen molar-refractivity contribution in [3.8, 4) is 0 Å². The summed E-state index contributed by atoms with van der Waals surface area (Å²) >= 11 is 3.34. The number of halogens is 1. The number of H-pyrrole nitrogens is 1. The number of nitrogens with one attached hydrogen (secondary N) is 1. The molecule has 0 saturated carbocycles. The fraction of sp³-hybridized carbons (Fsp3) is 0.0667. The third kappa shape index (κ3) is 2.32. The first-order valence-electron chi connectivity index (χ1n) is 6.11. The highest BCUT2D eigenvalue weighted by molar-refractivity contribution is 9.10. The van der Waals surface area contributed by atoms with Crippen LogP contribution in [-0.2, 0) is 6.54 Å².